The van der Waals surface area contributed by atoms with Crippen molar-refractivity contribution in [1.29, 1.82) is 0 Å². The molecule has 0 atom stereocenters. The first-order chi connectivity index (χ1) is 8.53. The smallest absolute Gasteiger partial charge is 0.242 e. The normalized spacial score (nSPS) is 15.9. The third-order valence-corrected chi connectivity index (χ3v) is 4.83. The molecule has 6 heteroatoms. The van der Waals surface area contributed by atoms with E-state index in [0.29, 0.717) is 19.0 Å². The number of sulfonamides is 1. The van der Waals surface area contributed by atoms with Gasteiger partial charge < -0.3 is 5.32 Å². The lowest BCUT2D eigenvalue weighted by Gasteiger charge is -2.09. The maximum absolute atomic E-state index is 12.1. The molecule has 0 bridgehead atoms. The molecule has 0 heterocycles. The largest absolute Gasteiger partial charge is 0.316 e. The molecule has 0 saturated heterocycles. The van der Waals surface area contributed by atoms with Gasteiger partial charge in [0.2, 0.25) is 10.0 Å². The van der Waals surface area contributed by atoms with E-state index in [4.69, 9.17) is 11.6 Å². The van der Waals surface area contributed by atoms with Crippen molar-refractivity contribution in [1.82, 2.24) is 10.0 Å². The minimum absolute atomic E-state index is 0.164. The minimum atomic E-state index is -3.50. The Labute approximate surface area is 113 Å². The Balaban J connectivity index is 2.20. The zero-order chi connectivity index (χ0) is 13.2. The second-order valence-corrected chi connectivity index (χ2v) is 6.73. The Kier molecular flexibility index (Phi) is 4.27. The summed E-state index contributed by atoms with van der Waals surface area (Å²) in [5.74, 6) is 0.499. The van der Waals surface area contributed by atoms with Crippen LogP contribution < -0.4 is 10.0 Å². The summed E-state index contributed by atoms with van der Waals surface area (Å²) in [6.07, 6.45) is 2.21. The predicted octanol–water partition coefficient (Wildman–Crippen LogP) is 1.75. The van der Waals surface area contributed by atoms with Gasteiger partial charge in [0.05, 0.1) is 5.02 Å². The molecule has 1 aliphatic rings. The number of hydrogen-bond acceptors (Lipinski definition) is 3. The van der Waals surface area contributed by atoms with Crippen LogP contribution in [0.15, 0.2) is 23.1 Å². The Bertz CT molecular complexity index is 527. The second kappa shape index (κ2) is 5.57. The van der Waals surface area contributed by atoms with Crippen LogP contribution in [0.4, 0.5) is 0 Å². The monoisotopic (exact) mass is 288 g/mol. The van der Waals surface area contributed by atoms with Crippen molar-refractivity contribution >= 4 is 21.6 Å². The first kappa shape index (κ1) is 13.8. The maximum Gasteiger partial charge on any atom is 0.242 e. The Morgan fingerprint density at radius 2 is 2.11 bits per heavy atom. The van der Waals surface area contributed by atoms with Crippen molar-refractivity contribution in [3.8, 4) is 0 Å². The summed E-state index contributed by atoms with van der Waals surface area (Å²) >= 11 is 5.97. The van der Waals surface area contributed by atoms with Crippen LogP contribution in [0, 0.1) is 5.92 Å². The van der Waals surface area contributed by atoms with E-state index in [1.807, 2.05) is 13.1 Å². The number of benzene rings is 1. The molecule has 0 amide bonds. The summed E-state index contributed by atoms with van der Waals surface area (Å²) in [5, 5.41) is 3.25. The molecule has 18 heavy (non-hydrogen) atoms. The highest BCUT2D eigenvalue weighted by atomic mass is 35.5. The van der Waals surface area contributed by atoms with Crippen molar-refractivity contribution in [2.75, 3.05) is 13.6 Å². The van der Waals surface area contributed by atoms with Crippen LogP contribution in [0.2, 0.25) is 5.02 Å². The van der Waals surface area contributed by atoms with E-state index in [1.54, 1.807) is 12.1 Å². The fourth-order valence-electron chi connectivity index (χ4n) is 1.70. The van der Waals surface area contributed by atoms with Crippen molar-refractivity contribution in [2.45, 2.75) is 24.3 Å². The fourth-order valence-corrected chi connectivity index (χ4v) is 3.36. The number of rotatable bonds is 6. The van der Waals surface area contributed by atoms with Gasteiger partial charge >= 0.3 is 0 Å². The summed E-state index contributed by atoms with van der Waals surface area (Å²) in [4.78, 5) is 0.164. The molecule has 1 aliphatic carbocycles. The van der Waals surface area contributed by atoms with Crippen LogP contribution >= 0.6 is 11.6 Å². The molecule has 0 unspecified atom stereocenters. The van der Waals surface area contributed by atoms with E-state index in [9.17, 15) is 8.42 Å². The van der Waals surface area contributed by atoms with Crippen molar-refractivity contribution in [3.63, 3.8) is 0 Å². The van der Waals surface area contributed by atoms with Crippen LogP contribution in [0.3, 0.4) is 0 Å². The molecule has 0 spiro atoms. The highest BCUT2D eigenvalue weighted by Gasteiger charge is 2.25. The van der Waals surface area contributed by atoms with Crippen molar-refractivity contribution in [2.24, 2.45) is 5.92 Å². The Hall–Kier alpha value is -0.620. The van der Waals surface area contributed by atoms with Gasteiger partial charge in [-0.3, -0.25) is 0 Å². The molecular formula is C12H17ClN2O2S. The first-order valence-corrected chi connectivity index (χ1v) is 7.82. The molecule has 2 rings (SSSR count). The third kappa shape index (κ3) is 3.45. The molecular weight excluding hydrogens is 272 g/mol. The van der Waals surface area contributed by atoms with E-state index >= 15 is 0 Å². The summed E-state index contributed by atoms with van der Waals surface area (Å²) in [5.41, 5.74) is 0.897. The molecule has 0 aromatic heterocycles. The number of hydrogen-bond donors (Lipinski definition) is 2. The zero-order valence-corrected chi connectivity index (χ0v) is 11.8. The molecule has 0 radical (unpaired) electrons. The number of nitrogens with one attached hydrogen (secondary N) is 2. The van der Waals surface area contributed by atoms with Gasteiger partial charge in [0.25, 0.3) is 0 Å². The Morgan fingerprint density at radius 3 is 2.72 bits per heavy atom. The zero-order valence-electron chi connectivity index (χ0n) is 10.2. The quantitative estimate of drug-likeness (QED) is 0.838. The van der Waals surface area contributed by atoms with E-state index in [-0.39, 0.29) is 9.92 Å². The SMILES string of the molecule is CNCc1ccc(Cl)c(S(=O)(=O)NCC2CC2)c1. The van der Waals surface area contributed by atoms with Crippen LogP contribution in [0.25, 0.3) is 0 Å². The van der Waals surface area contributed by atoms with Gasteiger partial charge in [-0.05, 0) is 43.5 Å². The molecule has 2 N–H and O–H groups in total. The third-order valence-electron chi connectivity index (χ3n) is 2.92. The summed E-state index contributed by atoms with van der Waals surface area (Å²) < 4.78 is 26.9. The summed E-state index contributed by atoms with van der Waals surface area (Å²) in [6, 6.07) is 5.06. The summed E-state index contributed by atoms with van der Waals surface area (Å²) in [6.45, 7) is 1.12. The first-order valence-electron chi connectivity index (χ1n) is 5.95. The van der Waals surface area contributed by atoms with Crippen LogP contribution in [0.5, 0.6) is 0 Å². The van der Waals surface area contributed by atoms with Crippen LogP contribution in [0.1, 0.15) is 18.4 Å². The second-order valence-electron chi connectivity index (χ2n) is 4.59. The van der Waals surface area contributed by atoms with E-state index in [1.165, 1.54) is 0 Å². The fraction of sp³-hybridized carbons (Fsp3) is 0.500. The summed E-state index contributed by atoms with van der Waals surface area (Å²) in [7, 11) is -1.68. The topological polar surface area (TPSA) is 58.2 Å². The Morgan fingerprint density at radius 1 is 1.39 bits per heavy atom. The lowest BCUT2D eigenvalue weighted by atomic mass is 10.2. The van der Waals surface area contributed by atoms with Gasteiger partial charge in [-0.15, -0.1) is 0 Å². The highest BCUT2D eigenvalue weighted by molar-refractivity contribution is 7.89. The van der Waals surface area contributed by atoms with Gasteiger partial charge in [0.1, 0.15) is 4.90 Å². The van der Waals surface area contributed by atoms with Gasteiger partial charge in [-0.25, -0.2) is 13.1 Å². The molecule has 4 nitrogen and oxygen atoms in total. The van der Waals surface area contributed by atoms with Crippen LogP contribution in [-0.4, -0.2) is 22.0 Å². The standard InChI is InChI=1S/C12H17ClN2O2S/c1-14-7-10-4-5-11(13)12(6-10)18(16,17)15-8-9-2-3-9/h4-6,9,14-15H,2-3,7-8H2,1H3. The average Bonchev–Trinajstić information content (AvgIpc) is 3.13. The maximum atomic E-state index is 12.1. The molecule has 1 aromatic rings. The van der Waals surface area contributed by atoms with Crippen molar-refractivity contribution in [3.05, 3.63) is 28.8 Å². The highest BCUT2D eigenvalue weighted by Crippen LogP contribution is 2.29. The van der Waals surface area contributed by atoms with E-state index in [2.05, 4.69) is 10.0 Å². The van der Waals surface area contributed by atoms with Crippen LogP contribution in [-0.2, 0) is 16.6 Å². The van der Waals surface area contributed by atoms with Gasteiger partial charge in [0, 0.05) is 13.1 Å². The lowest BCUT2D eigenvalue weighted by molar-refractivity contribution is 0.577. The van der Waals surface area contributed by atoms with Gasteiger partial charge in [-0.2, -0.15) is 0 Å². The molecule has 1 aromatic carbocycles. The van der Waals surface area contributed by atoms with E-state index in [0.717, 1.165) is 18.4 Å². The average molecular weight is 289 g/mol. The molecule has 1 saturated carbocycles. The molecule has 0 aliphatic heterocycles. The molecule has 1 fully saturated rings. The minimum Gasteiger partial charge on any atom is -0.316 e. The predicted molar refractivity (Wildman–Crippen MR) is 72.1 cm³/mol. The lowest BCUT2D eigenvalue weighted by Crippen LogP contribution is -2.26. The number of halogens is 1. The van der Waals surface area contributed by atoms with Gasteiger partial charge in [0.15, 0.2) is 0 Å². The molecule has 100 valence electrons. The van der Waals surface area contributed by atoms with Gasteiger partial charge in [-0.1, -0.05) is 17.7 Å². The van der Waals surface area contributed by atoms with Crippen molar-refractivity contribution < 1.29 is 8.42 Å². The van der Waals surface area contributed by atoms with E-state index < -0.39 is 10.0 Å².